The van der Waals surface area contributed by atoms with E-state index >= 15 is 0 Å². The van der Waals surface area contributed by atoms with Gasteiger partial charge < -0.3 is 19.2 Å². The van der Waals surface area contributed by atoms with Crippen LogP contribution in [0.25, 0.3) is 0 Å². The number of hydrogen-bond donors (Lipinski definition) is 0. The molecule has 0 aromatic carbocycles. The van der Waals surface area contributed by atoms with Crippen molar-refractivity contribution < 1.29 is 85.9 Å². The Balaban J connectivity index is -0.0000000267. The van der Waals surface area contributed by atoms with Crippen LogP contribution in [0.15, 0.2) is 0 Å². The van der Waals surface area contributed by atoms with Gasteiger partial charge in [0.15, 0.2) is 0 Å². The van der Waals surface area contributed by atoms with Gasteiger partial charge in [-0.3, -0.25) is 0 Å². The van der Waals surface area contributed by atoms with Crippen LogP contribution >= 0.6 is 7.82 Å². The molecule has 0 amide bonds. The normalized spacial score (nSPS) is 7.38. The van der Waals surface area contributed by atoms with E-state index in [1.807, 2.05) is 0 Å². The van der Waals surface area contributed by atoms with Gasteiger partial charge in [-0.05, 0) is 0 Å². The van der Waals surface area contributed by atoms with Crippen molar-refractivity contribution in [1.29, 1.82) is 0 Å². The fraction of sp³-hybridized carbons (Fsp3) is 0. The molecule has 0 aliphatic heterocycles. The van der Waals surface area contributed by atoms with Gasteiger partial charge in [-0.25, -0.2) is 0 Å². The third kappa shape index (κ3) is 84.5. The minimum atomic E-state index is -5.39. The molecule has 0 N–H and O–H groups in total. The molecule has 0 unspecified atom stereocenters. The van der Waals surface area contributed by atoms with E-state index in [9.17, 15) is 0 Å². The molecular formula is NaO4PV2+8. The van der Waals surface area contributed by atoms with E-state index in [4.69, 9.17) is 19.2 Å². The zero-order valence-electron chi connectivity index (χ0n) is 3.97. The van der Waals surface area contributed by atoms with Crippen molar-refractivity contribution in [2.24, 2.45) is 0 Å². The maximum Gasteiger partial charge on any atom is 5.00 e. The van der Waals surface area contributed by atoms with Crippen molar-refractivity contribution in [1.82, 2.24) is 0 Å². The van der Waals surface area contributed by atoms with Crippen molar-refractivity contribution in [2.45, 2.75) is 0 Å². The van der Waals surface area contributed by atoms with Crippen LogP contribution in [0.5, 0.6) is 0 Å². The molecule has 4 nitrogen and oxygen atoms in total. The SMILES string of the molecule is O=P([O-])([O-])[O-].[Na+].[V+5].[V+5]. The van der Waals surface area contributed by atoms with Gasteiger partial charge in [0.25, 0.3) is 0 Å². The molecule has 0 rings (SSSR count). The van der Waals surface area contributed by atoms with Crippen molar-refractivity contribution in [3.63, 3.8) is 0 Å². The summed E-state index contributed by atoms with van der Waals surface area (Å²) in [5, 5.41) is 0. The standard InChI is InChI=1S/Na.H3O4P.2V/c;1-5(2,3)4;;/h;(H3,1,2,3,4);;/q+1;;2*+5/p-3. The third-order valence-electron chi connectivity index (χ3n) is 0. The number of hydrogen-bond acceptors (Lipinski definition) is 4. The predicted octanol–water partition coefficient (Wildman–Crippen LogP) is -5.83. The van der Waals surface area contributed by atoms with Crippen LogP contribution in [0.3, 0.4) is 0 Å². The summed E-state index contributed by atoms with van der Waals surface area (Å²) < 4.78 is 8.55. The average molecular weight is 220 g/mol. The summed E-state index contributed by atoms with van der Waals surface area (Å²) in [6.45, 7) is 0. The summed E-state index contributed by atoms with van der Waals surface area (Å²) in [4.78, 5) is 25.6. The smallest absolute Gasteiger partial charge is 0.822 e. The first-order valence-corrected chi connectivity index (χ1v) is 2.19. The van der Waals surface area contributed by atoms with Gasteiger partial charge in [-0.1, -0.05) is 0 Å². The molecule has 0 saturated heterocycles. The van der Waals surface area contributed by atoms with Gasteiger partial charge in [0.1, 0.15) is 0 Å². The molecule has 0 radical (unpaired) electrons. The van der Waals surface area contributed by atoms with E-state index in [1.54, 1.807) is 0 Å². The molecule has 0 atom stereocenters. The second-order valence-corrected chi connectivity index (χ2v) is 1.34. The van der Waals surface area contributed by atoms with E-state index in [1.165, 1.54) is 0 Å². The van der Waals surface area contributed by atoms with Crippen LogP contribution in [0.1, 0.15) is 0 Å². The fourth-order valence-corrected chi connectivity index (χ4v) is 0. The Morgan fingerprint density at radius 2 is 1.00 bits per heavy atom. The van der Waals surface area contributed by atoms with E-state index < -0.39 is 7.82 Å². The molecule has 0 heterocycles. The molecule has 8 heavy (non-hydrogen) atoms. The molecule has 0 bridgehead atoms. The number of phosphoric acid groups is 1. The molecule has 0 aliphatic rings. The first-order chi connectivity index (χ1) is 2.00. The van der Waals surface area contributed by atoms with Gasteiger partial charge in [0.05, 0.1) is 0 Å². The van der Waals surface area contributed by atoms with E-state index in [0.717, 1.165) is 0 Å². The Bertz CT molecular complexity index is 60.2. The van der Waals surface area contributed by atoms with Crippen molar-refractivity contribution >= 4 is 7.82 Å². The van der Waals surface area contributed by atoms with Crippen LogP contribution < -0.4 is 44.2 Å². The monoisotopic (exact) mass is 220 g/mol. The second kappa shape index (κ2) is 9.28. The summed E-state index contributed by atoms with van der Waals surface area (Å²) in [5.74, 6) is 0. The summed E-state index contributed by atoms with van der Waals surface area (Å²) in [5.41, 5.74) is 0. The number of rotatable bonds is 0. The summed E-state index contributed by atoms with van der Waals surface area (Å²) in [7, 11) is -5.39. The first kappa shape index (κ1) is 22.4. The minimum absolute atomic E-state index is 0. The molecule has 0 fully saturated rings. The van der Waals surface area contributed by atoms with Crippen LogP contribution in [0.2, 0.25) is 0 Å². The van der Waals surface area contributed by atoms with Crippen LogP contribution in [-0.2, 0) is 41.7 Å². The average Bonchev–Trinajstić information content (AvgIpc) is 0.722. The van der Waals surface area contributed by atoms with Crippen LogP contribution in [0.4, 0.5) is 0 Å². The summed E-state index contributed by atoms with van der Waals surface area (Å²) in [6, 6.07) is 0. The molecule has 0 spiro atoms. The second-order valence-electron chi connectivity index (χ2n) is 0.447. The van der Waals surface area contributed by atoms with E-state index in [2.05, 4.69) is 0 Å². The third-order valence-corrected chi connectivity index (χ3v) is 0. The fourth-order valence-electron chi connectivity index (χ4n) is 0. The van der Waals surface area contributed by atoms with Gasteiger partial charge in [0, 0.05) is 0 Å². The van der Waals surface area contributed by atoms with Crippen LogP contribution in [-0.4, -0.2) is 0 Å². The quantitative estimate of drug-likeness (QED) is 0.300. The largest absolute Gasteiger partial charge is 5.00 e. The Kier molecular flexibility index (Phi) is 26.0. The topological polar surface area (TPSA) is 86.2 Å². The zero-order chi connectivity index (χ0) is 4.50. The van der Waals surface area contributed by atoms with Crippen molar-refractivity contribution in [2.75, 3.05) is 0 Å². The molecule has 8 heteroatoms. The summed E-state index contributed by atoms with van der Waals surface area (Å²) in [6.07, 6.45) is 0. The predicted molar refractivity (Wildman–Crippen MR) is 7.61 cm³/mol. The molecule has 32 valence electrons. The Hall–Kier alpha value is 2.28. The Morgan fingerprint density at radius 1 is 1.00 bits per heavy atom. The first-order valence-electron chi connectivity index (χ1n) is 0.730. The van der Waals surface area contributed by atoms with E-state index in [0.29, 0.717) is 0 Å². The van der Waals surface area contributed by atoms with E-state index in [-0.39, 0.29) is 66.7 Å². The Labute approximate surface area is 92.7 Å². The van der Waals surface area contributed by atoms with Crippen molar-refractivity contribution in [3.05, 3.63) is 0 Å². The molecular weight excluding hydrogens is 220 g/mol. The zero-order valence-corrected chi connectivity index (χ0v) is 9.66. The van der Waals surface area contributed by atoms with Gasteiger partial charge >= 0.3 is 66.7 Å². The maximum atomic E-state index is 8.55. The van der Waals surface area contributed by atoms with Gasteiger partial charge in [-0.2, -0.15) is 7.82 Å². The van der Waals surface area contributed by atoms with Crippen molar-refractivity contribution in [3.8, 4) is 0 Å². The molecule has 0 aliphatic carbocycles. The summed E-state index contributed by atoms with van der Waals surface area (Å²) >= 11 is 0. The van der Waals surface area contributed by atoms with Gasteiger partial charge in [0.2, 0.25) is 0 Å². The molecule has 0 aromatic heterocycles. The minimum Gasteiger partial charge on any atom is -0.822 e. The molecule has 0 saturated carbocycles. The Morgan fingerprint density at radius 3 is 1.00 bits per heavy atom. The molecule has 0 aromatic rings. The van der Waals surface area contributed by atoms with Gasteiger partial charge in [-0.15, -0.1) is 0 Å². The maximum absolute atomic E-state index is 8.55. The van der Waals surface area contributed by atoms with Crippen LogP contribution in [0, 0.1) is 0 Å².